The number of carbonyl (C=O) groups is 3. The van der Waals surface area contributed by atoms with E-state index in [-0.39, 0.29) is 24.6 Å². The Bertz CT molecular complexity index is 1170. The smallest absolute Gasteiger partial charge is 0.343 e. The third-order valence-corrected chi connectivity index (χ3v) is 4.63. The molecule has 156 valence electrons. The molecule has 0 aliphatic carbocycles. The highest BCUT2D eigenvalue weighted by molar-refractivity contribution is 5.97. The minimum absolute atomic E-state index is 0.0637. The van der Waals surface area contributed by atoms with Gasteiger partial charge in [0.25, 0.3) is 0 Å². The predicted molar refractivity (Wildman–Crippen MR) is 120 cm³/mol. The van der Waals surface area contributed by atoms with Gasteiger partial charge in [-0.2, -0.15) is 0 Å². The number of hydrogen-bond donors (Lipinski definition) is 0. The summed E-state index contributed by atoms with van der Waals surface area (Å²) in [5.41, 5.74) is 1.67. The zero-order valence-corrected chi connectivity index (χ0v) is 17.2. The van der Waals surface area contributed by atoms with Crippen molar-refractivity contribution in [3.63, 3.8) is 0 Å². The van der Waals surface area contributed by atoms with E-state index in [0.717, 1.165) is 16.3 Å². The molecule has 0 spiro atoms. The van der Waals surface area contributed by atoms with Crippen molar-refractivity contribution < 1.29 is 23.9 Å². The fourth-order valence-electron chi connectivity index (χ4n) is 2.83. The first-order chi connectivity index (χ1) is 14.9. The van der Waals surface area contributed by atoms with E-state index in [1.54, 1.807) is 61.5 Å². The Morgan fingerprint density at radius 1 is 0.903 bits per heavy atom. The summed E-state index contributed by atoms with van der Waals surface area (Å²) >= 11 is 0. The number of esters is 1. The molecule has 0 aliphatic rings. The average Bonchev–Trinajstić information content (AvgIpc) is 2.77. The van der Waals surface area contributed by atoms with Gasteiger partial charge in [-0.05, 0) is 71.3 Å². The van der Waals surface area contributed by atoms with Crippen LogP contribution in [0, 0.1) is 0 Å². The molecule has 0 heterocycles. The summed E-state index contributed by atoms with van der Waals surface area (Å²) in [6, 6.07) is 17.4. The summed E-state index contributed by atoms with van der Waals surface area (Å²) in [7, 11) is 0. The molecule has 0 saturated heterocycles. The van der Waals surface area contributed by atoms with Crippen molar-refractivity contribution in [2.24, 2.45) is 0 Å². The Kier molecular flexibility index (Phi) is 6.78. The molecule has 0 radical (unpaired) electrons. The number of ether oxygens (including phenoxy) is 2. The lowest BCUT2D eigenvalue weighted by Gasteiger charge is -2.08. The molecule has 5 heteroatoms. The van der Waals surface area contributed by atoms with Crippen molar-refractivity contribution in [2.75, 3.05) is 6.61 Å². The van der Waals surface area contributed by atoms with Crippen molar-refractivity contribution >= 4 is 28.3 Å². The van der Waals surface area contributed by atoms with E-state index in [0.29, 0.717) is 22.6 Å². The van der Waals surface area contributed by atoms with Gasteiger partial charge < -0.3 is 9.47 Å². The molecular weight excluding hydrogens is 392 g/mol. The maximum absolute atomic E-state index is 12.5. The second kappa shape index (κ2) is 9.67. The third kappa shape index (κ3) is 5.76. The van der Waals surface area contributed by atoms with E-state index in [1.807, 2.05) is 6.07 Å². The molecule has 0 bridgehead atoms. The lowest BCUT2D eigenvalue weighted by Crippen LogP contribution is -2.11. The molecule has 5 nitrogen and oxygen atoms in total. The standard InChI is InChI=1S/C26H22O5/c1-4-22(27)13-18-5-10-23(11-6-18)31-26(29)21-8-7-20-15-24(12-9-19(20)14-21)30-16-25(28)17(2)3/h4-12,14-15H,1-2,13,16H2,3H3. The molecule has 0 amide bonds. The van der Waals surface area contributed by atoms with Crippen LogP contribution in [0.5, 0.6) is 11.5 Å². The molecule has 0 atom stereocenters. The molecule has 0 aromatic heterocycles. The zero-order valence-electron chi connectivity index (χ0n) is 17.2. The lowest BCUT2D eigenvalue weighted by atomic mass is 10.1. The second-order valence-electron chi connectivity index (χ2n) is 7.10. The van der Waals surface area contributed by atoms with Gasteiger partial charge in [-0.15, -0.1) is 0 Å². The van der Waals surface area contributed by atoms with Gasteiger partial charge in [0.05, 0.1) is 5.56 Å². The van der Waals surface area contributed by atoms with Crippen molar-refractivity contribution in [2.45, 2.75) is 13.3 Å². The summed E-state index contributed by atoms with van der Waals surface area (Å²) in [5, 5.41) is 1.71. The van der Waals surface area contributed by atoms with Crippen LogP contribution >= 0.6 is 0 Å². The van der Waals surface area contributed by atoms with E-state index in [9.17, 15) is 14.4 Å². The van der Waals surface area contributed by atoms with Crippen LogP contribution in [0.15, 0.2) is 85.5 Å². The summed E-state index contributed by atoms with van der Waals surface area (Å²) in [4.78, 5) is 35.6. The summed E-state index contributed by atoms with van der Waals surface area (Å²) in [6.07, 6.45) is 1.54. The van der Waals surface area contributed by atoms with E-state index < -0.39 is 5.97 Å². The Hall–Kier alpha value is -3.99. The zero-order chi connectivity index (χ0) is 22.4. The van der Waals surface area contributed by atoms with E-state index in [1.165, 1.54) is 6.08 Å². The highest BCUT2D eigenvalue weighted by atomic mass is 16.5. The monoisotopic (exact) mass is 414 g/mol. The summed E-state index contributed by atoms with van der Waals surface area (Å²) in [5.74, 6) is 0.248. The topological polar surface area (TPSA) is 69.7 Å². The van der Waals surface area contributed by atoms with E-state index in [2.05, 4.69) is 13.2 Å². The molecule has 31 heavy (non-hydrogen) atoms. The van der Waals surface area contributed by atoms with Gasteiger partial charge in [0.1, 0.15) is 11.5 Å². The summed E-state index contributed by atoms with van der Waals surface area (Å²) in [6.45, 7) is 8.64. The largest absolute Gasteiger partial charge is 0.485 e. The van der Waals surface area contributed by atoms with Gasteiger partial charge in [-0.1, -0.05) is 37.4 Å². The van der Waals surface area contributed by atoms with Crippen LogP contribution in [0.25, 0.3) is 10.8 Å². The number of carbonyl (C=O) groups excluding carboxylic acids is 3. The molecule has 0 aliphatic heterocycles. The summed E-state index contributed by atoms with van der Waals surface area (Å²) < 4.78 is 10.9. The minimum atomic E-state index is -0.482. The third-order valence-electron chi connectivity index (χ3n) is 4.63. The molecule has 3 rings (SSSR count). The SMILES string of the molecule is C=CC(=O)Cc1ccc(OC(=O)c2ccc3cc(OCC(=O)C(=C)C)ccc3c2)cc1. The minimum Gasteiger partial charge on any atom is -0.485 e. The highest BCUT2D eigenvalue weighted by Gasteiger charge is 2.11. The number of allylic oxidation sites excluding steroid dienone is 1. The van der Waals surface area contributed by atoms with Crippen LogP contribution in [-0.2, 0) is 16.0 Å². The highest BCUT2D eigenvalue weighted by Crippen LogP contribution is 2.23. The van der Waals surface area contributed by atoms with Crippen molar-refractivity contribution in [1.82, 2.24) is 0 Å². The van der Waals surface area contributed by atoms with Crippen LogP contribution in [0.2, 0.25) is 0 Å². The first-order valence-electron chi connectivity index (χ1n) is 9.67. The number of benzene rings is 3. The molecule has 0 N–H and O–H groups in total. The number of rotatable bonds is 9. The van der Waals surface area contributed by atoms with Gasteiger partial charge in [-0.25, -0.2) is 4.79 Å². The van der Waals surface area contributed by atoms with Crippen LogP contribution in [0.4, 0.5) is 0 Å². The molecular formula is C26H22O5. The van der Waals surface area contributed by atoms with Gasteiger partial charge in [0.2, 0.25) is 0 Å². The van der Waals surface area contributed by atoms with Gasteiger partial charge >= 0.3 is 5.97 Å². The average molecular weight is 414 g/mol. The predicted octanol–water partition coefficient (Wildman–Crippen LogP) is 4.88. The lowest BCUT2D eigenvalue weighted by molar-refractivity contribution is -0.117. The maximum Gasteiger partial charge on any atom is 0.343 e. The van der Waals surface area contributed by atoms with E-state index in [4.69, 9.17) is 9.47 Å². The van der Waals surface area contributed by atoms with Crippen LogP contribution in [-0.4, -0.2) is 24.1 Å². The Balaban J connectivity index is 1.68. The van der Waals surface area contributed by atoms with Crippen LogP contribution in [0.1, 0.15) is 22.8 Å². The second-order valence-corrected chi connectivity index (χ2v) is 7.10. The number of fused-ring (bicyclic) bond motifs is 1. The maximum atomic E-state index is 12.5. The molecule has 0 saturated carbocycles. The fraction of sp³-hybridized carbons (Fsp3) is 0.115. The molecule has 0 fully saturated rings. The number of hydrogen-bond acceptors (Lipinski definition) is 5. The number of Topliss-reactive ketones (excluding diaryl/α,β-unsaturated/α-hetero) is 1. The number of ketones is 2. The molecule has 3 aromatic carbocycles. The Morgan fingerprint density at radius 2 is 1.55 bits per heavy atom. The Morgan fingerprint density at radius 3 is 2.23 bits per heavy atom. The van der Waals surface area contributed by atoms with Crippen LogP contribution < -0.4 is 9.47 Å². The van der Waals surface area contributed by atoms with Crippen molar-refractivity contribution in [1.29, 1.82) is 0 Å². The van der Waals surface area contributed by atoms with Gasteiger partial charge in [-0.3, -0.25) is 9.59 Å². The van der Waals surface area contributed by atoms with Crippen molar-refractivity contribution in [3.05, 3.63) is 96.6 Å². The quantitative estimate of drug-likeness (QED) is 0.284. The van der Waals surface area contributed by atoms with Crippen LogP contribution in [0.3, 0.4) is 0 Å². The van der Waals surface area contributed by atoms with Gasteiger partial charge in [0, 0.05) is 6.42 Å². The molecule has 3 aromatic rings. The Labute approximate surface area is 180 Å². The van der Waals surface area contributed by atoms with Crippen molar-refractivity contribution in [3.8, 4) is 11.5 Å². The first kappa shape index (κ1) is 21.7. The van der Waals surface area contributed by atoms with Gasteiger partial charge in [0.15, 0.2) is 18.2 Å². The fourth-order valence-corrected chi connectivity index (χ4v) is 2.83. The van der Waals surface area contributed by atoms with E-state index >= 15 is 0 Å². The molecule has 0 unspecified atom stereocenters. The normalized spacial score (nSPS) is 10.4. The first-order valence-corrected chi connectivity index (χ1v) is 9.67.